The topological polar surface area (TPSA) is 70.4 Å². The fraction of sp³-hybridized carbons (Fsp3) is 0.278. The average Bonchev–Trinajstić information content (AvgIpc) is 2.87. The second-order valence-corrected chi connectivity index (χ2v) is 6.27. The number of rotatable bonds is 6. The number of carbonyl (C=O) groups excluding carboxylic acids is 2. The lowest BCUT2D eigenvalue weighted by atomic mass is 10.1. The molecule has 0 aliphatic heterocycles. The average molecular weight is 397 g/mol. The third-order valence-corrected chi connectivity index (χ3v) is 4.46. The van der Waals surface area contributed by atoms with Gasteiger partial charge in [0.05, 0.1) is 19.3 Å². The molecule has 0 aliphatic rings. The molecule has 0 saturated carbocycles. The molecular weight excluding hydrogens is 379 g/mol. The van der Waals surface area contributed by atoms with Crippen molar-refractivity contribution >= 4 is 41.2 Å². The Morgan fingerprint density at radius 2 is 1.88 bits per heavy atom. The molecule has 0 atom stereocenters. The lowest BCUT2D eigenvalue weighted by Crippen LogP contribution is -2.13. The first-order valence-electron chi connectivity index (χ1n) is 7.72. The number of benzene rings is 1. The fourth-order valence-electron chi connectivity index (χ4n) is 2.33. The summed E-state index contributed by atoms with van der Waals surface area (Å²) in [5.41, 5.74) is 3.14. The highest BCUT2D eigenvalue weighted by atomic mass is 35.5. The van der Waals surface area contributed by atoms with Crippen LogP contribution in [0.4, 0.5) is 0 Å². The Balaban J connectivity index is 2.16. The third kappa shape index (κ3) is 4.86. The molecule has 0 saturated heterocycles. The van der Waals surface area contributed by atoms with E-state index < -0.39 is 18.5 Å². The monoisotopic (exact) mass is 396 g/mol. The van der Waals surface area contributed by atoms with Gasteiger partial charge in [-0.1, -0.05) is 29.3 Å². The molecule has 26 heavy (non-hydrogen) atoms. The van der Waals surface area contributed by atoms with Gasteiger partial charge in [-0.25, -0.2) is 9.59 Å². The van der Waals surface area contributed by atoms with Crippen LogP contribution in [-0.4, -0.2) is 35.4 Å². The summed E-state index contributed by atoms with van der Waals surface area (Å²) in [5.74, 6) is -1.26. The zero-order valence-electron chi connectivity index (χ0n) is 14.6. The number of halogens is 2. The van der Waals surface area contributed by atoms with Gasteiger partial charge in [0.1, 0.15) is 0 Å². The molecule has 1 aromatic carbocycles. The number of nitrogens with zero attached hydrogens (tertiary/aromatic N) is 2. The van der Waals surface area contributed by atoms with Gasteiger partial charge in [0.15, 0.2) is 6.61 Å². The number of esters is 2. The van der Waals surface area contributed by atoms with E-state index in [0.29, 0.717) is 16.6 Å². The molecule has 6 nitrogen and oxygen atoms in total. The summed E-state index contributed by atoms with van der Waals surface area (Å²) < 4.78 is 10.9. The molecule has 1 heterocycles. The predicted octanol–water partition coefficient (Wildman–Crippen LogP) is 3.58. The van der Waals surface area contributed by atoms with E-state index >= 15 is 0 Å². The largest absolute Gasteiger partial charge is 0.466 e. The van der Waals surface area contributed by atoms with Crippen molar-refractivity contribution in [2.45, 2.75) is 20.4 Å². The summed E-state index contributed by atoms with van der Waals surface area (Å²) in [4.78, 5) is 22.6. The summed E-state index contributed by atoms with van der Waals surface area (Å²) >= 11 is 12.4. The van der Waals surface area contributed by atoms with Crippen LogP contribution in [0.5, 0.6) is 0 Å². The molecule has 0 N–H and O–H groups in total. The van der Waals surface area contributed by atoms with Crippen molar-refractivity contribution in [3.63, 3.8) is 0 Å². The van der Waals surface area contributed by atoms with Crippen molar-refractivity contribution < 1.29 is 19.1 Å². The highest BCUT2D eigenvalue weighted by Gasteiger charge is 2.13. The van der Waals surface area contributed by atoms with Crippen molar-refractivity contribution in [2.75, 3.05) is 13.7 Å². The van der Waals surface area contributed by atoms with E-state index in [-0.39, 0.29) is 0 Å². The number of carbonyl (C=O) groups is 2. The molecule has 138 valence electrons. The minimum absolute atomic E-state index is 0.409. The molecule has 0 radical (unpaired) electrons. The van der Waals surface area contributed by atoms with Crippen LogP contribution in [0.3, 0.4) is 0 Å². The summed E-state index contributed by atoms with van der Waals surface area (Å²) in [7, 11) is 1.22. The van der Waals surface area contributed by atoms with Crippen LogP contribution in [0, 0.1) is 13.8 Å². The van der Waals surface area contributed by atoms with Crippen molar-refractivity contribution in [3.05, 3.63) is 56.8 Å². The first-order valence-corrected chi connectivity index (χ1v) is 8.47. The lowest BCUT2D eigenvalue weighted by Gasteiger charge is -2.09. The van der Waals surface area contributed by atoms with Gasteiger partial charge in [-0.15, -0.1) is 0 Å². The molecule has 0 amide bonds. The molecule has 0 bridgehead atoms. The maximum atomic E-state index is 11.7. The van der Waals surface area contributed by atoms with Crippen LogP contribution in [0.15, 0.2) is 24.3 Å². The van der Waals surface area contributed by atoms with Gasteiger partial charge in [-0.3, -0.25) is 4.68 Å². The summed E-state index contributed by atoms with van der Waals surface area (Å²) in [6.45, 7) is 3.69. The minimum atomic E-state index is -0.643. The second kappa shape index (κ2) is 8.87. The Morgan fingerprint density at radius 1 is 1.23 bits per heavy atom. The SMILES string of the molecule is COC(=O)COC(=O)/C=C/c1c(C)nn(Cc2c(Cl)cccc2Cl)c1C. The van der Waals surface area contributed by atoms with E-state index in [2.05, 4.69) is 9.84 Å². The molecule has 2 aromatic rings. The lowest BCUT2D eigenvalue weighted by molar-refractivity contribution is -0.154. The van der Waals surface area contributed by atoms with Gasteiger partial charge < -0.3 is 9.47 Å². The molecule has 1 aromatic heterocycles. The third-order valence-electron chi connectivity index (χ3n) is 3.75. The Labute approximate surface area is 161 Å². The van der Waals surface area contributed by atoms with Gasteiger partial charge in [0, 0.05) is 32.9 Å². The Hall–Kier alpha value is -2.31. The smallest absolute Gasteiger partial charge is 0.344 e. The normalized spacial score (nSPS) is 11.0. The maximum absolute atomic E-state index is 11.7. The highest BCUT2D eigenvalue weighted by Crippen LogP contribution is 2.26. The standard InChI is InChI=1S/C18H18Cl2N2O4/c1-11-13(7-8-17(23)26-10-18(24)25-3)12(2)22(21-11)9-14-15(19)5-4-6-16(14)20/h4-8H,9-10H2,1-3H3/b8-7+. The van der Waals surface area contributed by atoms with Gasteiger partial charge in [0.25, 0.3) is 0 Å². The van der Waals surface area contributed by atoms with Crippen LogP contribution in [0.25, 0.3) is 6.08 Å². The van der Waals surface area contributed by atoms with E-state index in [0.717, 1.165) is 22.5 Å². The van der Waals surface area contributed by atoms with Crippen LogP contribution in [0.1, 0.15) is 22.5 Å². The number of ether oxygens (including phenoxy) is 2. The zero-order valence-corrected chi connectivity index (χ0v) is 16.1. The first kappa shape index (κ1) is 20.0. The van der Waals surface area contributed by atoms with Crippen LogP contribution < -0.4 is 0 Å². The van der Waals surface area contributed by atoms with Crippen molar-refractivity contribution in [2.24, 2.45) is 0 Å². The van der Waals surface area contributed by atoms with E-state index in [9.17, 15) is 9.59 Å². The molecule has 8 heteroatoms. The summed E-state index contributed by atoms with van der Waals surface area (Å²) in [6.07, 6.45) is 2.84. The second-order valence-electron chi connectivity index (χ2n) is 5.46. The van der Waals surface area contributed by atoms with Crippen molar-refractivity contribution in [3.8, 4) is 0 Å². The van der Waals surface area contributed by atoms with Gasteiger partial charge >= 0.3 is 11.9 Å². The highest BCUT2D eigenvalue weighted by molar-refractivity contribution is 6.35. The molecule has 0 spiro atoms. The van der Waals surface area contributed by atoms with E-state index in [4.69, 9.17) is 27.9 Å². The number of aromatic nitrogens is 2. The Kier molecular flexibility index (Phi) is 6.83. The van der Waals surface area contributed by atoms with E-state index in [1.54, 1.807) is 29.0 Å². The van der Waals surface area contributed by atoms with Crippen LogP contribution >= 0.6 is 23.2 Å². The van der Waals surface area contributed by atoms with Gasteiger partial charge in [0.2, 0.25) is 0 Å². The quantitative estimate of drug-likeness (QED) is 0.551. The molecule has 0 aliphatic carbocycles. The molecule has 2 rings (SSSR count). The number of hydrogen-bond donors (Lipinski definition) is 0. The van der Waals surface area contributed by atoms with E-state index in [1.807, 2.05) is 13.8 Å². The summed E-state index contributed by atoms with van der Waals surface area (Å²) in [5, 5.41) is 5.60. The zero-order chi connectivity index (χ0) is 19.3. The van der Waals surface area contributed by atoms with Crippen LogP contribution in [-0.2, 0) is 25.6 Å². The molecule has 0 fully saturated rings. The molecule has 0 unspecified atom stereocenters. The Bertz CT molecular complexity index is 839. The van der Waals surface area contributed by atoms with E-state index in [1.165, 1.54) is 13.2 Å². The summed E-state index contributed by atoms with van der Waals surface area (Å²) in [6, 6.07) is 5.32. The maximum Gasteiger partial charge on any atom is 0.344 e. The minimum Gasteiger partial charge on any atom is -0.466 e. The number of aryl methyl sites for hydroxylation is 1. The van der Waals surface area contributed by atoms with Crippen molar-refractivity contribution in [1.29, 1.82) is 0 Å². The van der Waals surface area contributed by atoms with Crippen LogP contribution in [0.2, 0.25) is 10.0 Å². The fourth-order valence-corrected chi connectivity index (χ4v) is 2.84. The van der Waals surface area contributed by atoms with Gasteiger partial charge in [-0.05, 0) is 32.1 Å². The number of methoxy groups -OCH3 is 1. The number of hydrogen-bond acceptors (Lipinski definition) is 5. The molecular formula is C18H18Cl2N2O4. The first-order chi connectivity index (χ1) is 12.3. The predicted molar refractivity (Wildman–Crippen MR) is 99.3 cm³/mol. The van der Waals surface area contributed by atoms with Gasteiger partial charge in [-0.2, -0.15) is 5.10 Å². The van der Waals surface area contributed by atoms with Crippen molar-refractivity contribution in [1.82, 2.24) is 9.78 Å². The Morgan fingerprint density at radius 3 is 2.50 bits per heavy atom.